The maximum Gasteiger partial charge on any atom is 0.255 e. The molecule has 0 bridgehead atoms. The number of carbonyl (C=O) groups is 4. The number of rotatable bonds is 12. The summed E-state index contributed by atoms with van der Waals surface area (Å²) in [6.45, 7) is 3.64. The van der Waals surface area contributed by atoms with Gasteiger partial charge in [-0.25, -0.2) is 17.9 Å². The smallest absolute Gasteiger partial charge is 0.255 e. The van der Waals surface area contributed by atoms with Crippen molar-refractivity contribution in [2.24, 2.45) is 0 Å². The van der Waals surface area contributed by atoms with Crippen LogP contribution in [0.1, 0.15) is 47.3 Å². The Morgan fingerprint density at radius 3 is 2.48 bits per heavy atom. The molecule has 1 fully saturated rings. The summed E-state index contributed by atoms with van der Waals surface area (Å²) in [6, 6.07) is 17.3. The van der Waals surface area contributed by atoms with Gasteiger partial charge in [0.2, 0.25) is 11.8 Å². The maximum atomic E-state index is 14.4. The Labute approximate surface area is 318 Å². The van der Waals surface area contributed by atoms with E-state index in [-0.39, 0.29) is 48.9 Å². The van der Waals surface area contributed by atoms with E-state index in [0.29, 0.717) is 43.3 Å². The lowest BCUT2D eigenvalue weighted by Crippen LogP contribution is -2.49. The minimum atomic E-state index is -1.75. The first-order chi connectivity index (χ1) is 26.1. The van der Waals surface area contributed by atoms with Crippen LogP contribution < -0.4 is 10.2 Å². The lowest BCUT2D eigenvalue weighted by Gasteiger charge is -2.36. The highest BCUT2D eigenvalue weighted by Gasteiger charge is 2.37. The van der Waals surface area contributed by atoms with E-state index in [1.807, 2.05) is 42.5 Å². The predicted molar refractivity (Wildman–Crippen MR) is 202 cm³/mol. The van der Waals surface area contributed by atoms with Crippen LogP contribution in [0, 0.1) is 17.1 Å². The molecule has 2 atom stereocenters. The molecule has 280 valence electrons. The normalized spacial score (nSPS) is 15.2. The first-order valence-corrected chi connectivity index (χ1v) is 19.5. The fourth-order valence-electron chi connectivity index (χ4n) is 6.61. The molecule has 2 aliphatic rings. The van der Waals surface area contributed by atoms with Gasteiger partial charge >= 0.3 is 0 Å². The second kappa shape index (κ2) is 17.0. The molecule has 4 amide bonds. The van der Waals surface area contributed by atoms with Gasteiger partial charge in [-0.2, -0.15) is 5.26 Å². The summed E-state index contributed by atoms with van der Waals surface area (Å²) in [5.74, 6) is -2.59. The van der Waals surface area contributed by atoms with Crippen LogP contribution in [0.4, 0.5) is 15.2 Å². The molecule has 13 nitrogen and oxygen atoms in total. The molecule has 0 aliphatic carbocycles. The first kappa shape index (κ1) is 38.1. The number of carbonyl (C=O) groups excluding carboxylic acids is 4. The Morgan fingerprint density at radius 2 is 1.80 bits per heavy atom. The Morgan fingerprint density at radius 1 is 1.06 bits per heavy atom. The van der Waals surface area contributed by atoms with Crippen LogP contribution in [0.25, 0.3) is 11.1 Å². The van der Waals surface area contributed by atoms with E-state index in [9.17, 15) is 32.9 Å². The summed E-state index contributed by atoms with van der Waals surface area (Å²) < 4.78 is 28.0. The lowest BCUT2D eigenvalue weighted by molar-refractivity contribution is -0.131. The molecular formula is C38H38FN7O6S2. The maximum absolute atomic E-state index is 14.4. The van der Waals surface area contributed by atoms with Gasteiger partial charge in [0.1, 0.15) is 35.1 Å². The monoisotopic (exact) mass is 771 g/mol. The number of fused-ring (bicyclic) bond motifs is 1. The highest BCUT2D eigenvalue weighted by Crippen LogP contribution is 2.36. The van der Waals surface area contributed by atoms with Crippen molar-refractivity contribution in [1.29, 1.82) is 5.26 Å². The molecule has 6 rings (SSSR count). The number of phenols is 1. The minimum absolute atomic E-state index is 0.00896. The summed E-state index contributed by atoms with van der Waals surface area (Å²) in [7, 11) is -1.75. The third-order valence-electron chi connectivity index (χ3n) is 9.46. The van der Waals surface area contributed by atoms with E-state index in [2.05, 4.69) is 15.2 Å². The Balaban J connectivity index is 1.11. The summed E-state index contributed by atoms with van der Waals surface area (Å²) in [4.78, 5) is 62.0. The second-order valence-corrected chi connectivity index (χ2v) is 15.1. The average Bonchev–Trinajstić information content (AvgIpc) is 3.71. The van der Waals surface area contributed by atoms with E-state index >= 15 is 0 Å². The van der Waals surface area contributed by atoms with Crippen LogP contribution in [0.15, 0.2) is 72.2 Å². The average molecular weight is 772 g/mol. The van der Waals surface area contributed by atoms with Crippen molar-refractivity contribution in [3.8, 4) is 22.9 Å². The molecule has 3 heterocycles. The van der Waals surface area contributed by atoms with E-state index in [4.69, 9.17) is 5.26 Å². The molecule has 1 saturated heterocycles. The van der Waals surface area contributed by atoms with Crippen LogP contribution >= 0.6 is 11.3 Å². The topological polar surface area (TPSA) is 167 Å². The summed E-state index contributed by atoms with van der Waals surface area (Å²) >= 11 is 1.20. The van der Waals surface area contributed by atoms with Gasteiger partial charge in [-0.05, 0) is 59.5 Å². The minimum Gasteiger partial charge on any atom is -0.508 e. The molecule has 16 heteroatoms. The van der Waals surface area contributed by atoms with Gasteiger partial charge in [0.05, 0.1) is 11.8 Å². The molecular weight excluding hydrogens is 734 g/mol. The number of amides is 4. The van der Waals surface area contributed by atoms with Crippen molar-refractivity contribution >= 4 is 56.8 Å². The van der Waals surface area contributed by atoms with E-state index < -0.39 is 40.6 Å². The standard InChI is InChI=1S/C38H38FN7O6S2/c1-2-33(48)46(16-13-40)54(52)22-12-34(49)44-19-17-43(18-20-44)29-8-5-25(6-9-29)27-4-3-26-11-15-45(37(51)30(26)23-27)35(31-24-28(39)7-10-32(31)47)36(50)42-38-41-14-21-53-38/h3-10,14,21,23-24,35,47H,2,11-12,15-20,22H2,1H3,(H,41,42,50). The number of benzene rings is 3. The number of hydrogen-bond donors (Lipinski definition) is 2. The Hall–Kier alpha value is -5.66. The number of nitrogens with one attached hydrogen (secondary N) is 1. The highest BCUT2D eigenvalue weighted by atomic mass is 32.2. The Bertz CT molecular complexity index is 2100. The number of hydrogen-bond acceptors (Lipinski definition) is 10. The van der Waals surface area contributed by atoms with Crippen molar-refractivity contribution in [2.45, 2.75) is 32.2 Å². The van der Waals surface area contributed by atoms with Crippen LogP contribution in [0.5, 0.6) is 5.75 Å². The third-order valence-corrected chi connectivity index (χ3v) is 11.5. The number of piperazine rings is 1. The van der Waals surface area contributed by atoms with Crippen molar-refractivity contribution in [3.63, 3.8) is 0 Å². The Kier molecular flexibility index (Phi) is 12.0. The van der Waals surface area contributed by atoms with Gasteiger partial charge < -0.3 is 19.8 Å². The van der Waals surface area contributed by atoms with Crippen LogP contribution in [0.2, 0.25) is 0 Å². The lowest BCUT2D eigenvalue weighted by atomic mass is 9.92. The van der Waals surface area contributed by atoms with Crippen LogP contribution in [0.3, 0.4) is 0 Å². The van der Waals surface area contributed by atoms with E-state index in [1.165, 1.54) is 22.4 Å². The number of aromatic hydroxyl groups is 1. The largest absolute Gasteiger partial charge is 0.508 e. The van der Waals surface area contributed by atoms with Crippen LogP contribution in [-0.2, 0) is 31.8 Å². The van der Waals surface area contributed by atoms with Crippen molar-refractivity contribution in [3.05, 3.63) is 94.7 Å². The zero-order valence-electron chi connectivity index (χ0n) is 29.4. The predicted octanol–water partition coefficient (Wildman–Crippen LogP) is 4.50. The van der Waals surface area contributed by atoms with Crippen molar-refractivity contribution < 1.29 is 32.9 Å². The van der Waals surface area contributed by atoms with Gasteiger partial charge in [0.15, 0.2) is 5.13 Å². The van der Waals surface area contributed by atoms with Gasteiger partial charge in [-0.3, -0.25) is 24.5 Å². The molecule has 0 saturated carbocycles. The number of aromatic nitrogens is 1. The molecule has 3 aromatic carbocycles. The summed E-state index contributed by atoms with van der Waals surface area (Å²) in [5, 5.41) is 24.3. The molecule has 4 aromatic rings. The zero-order valence-corrected chi connectivity index (χ0v) is 31.1. The molecule has 2 unspecified atom stereocenters. The third kappa shape index (κ3) is 8.42. The molecule has 0 radical (unpaired) electrons. The van der Waals surface area contributed by atoms with Gasteiger partial charge in [0.25, 0.3) is 11.8 Å². The molecule has 1 aromatic heterocycles. The number of nitrogens with zero attached hydrogens (tertiary/aromatic N) is 6. The number of phenolic OH excluding ortho intramolecular Hbond substituents is 1. The van der Waals surface area contributed by atoms with Crippen molar-refractivity contribution in [2.75, 3.05) is 55.2 Å². The number of thiazole rings is 1. The van der Waals surface area contributed by atoms with Crippen molar-refractivity contribution in [1.82, 2.24) is 19.1 Å². The second-order valence-electron chi connectivity index (χ2n) is 12.7. The molecule has 0 spiro atoms. The fraction of sp³-hybridized carbons (Fsp3) is 0.316. The molecule has 2 aliphatic heterocycles. The summed E-state index contributed by atoms with van der Waals surface area (Å²) in [5.41, 5.74) is 3.80. The quantitative estimate of drug-likeness (QED) is 0.197. The number of halogens is 1. The summed E-state index contributed by atoms with van der Waals surface area (Å²) in [6.07, 6.45) is 2.10. The van der Waals surface area contributed by atoms with Gasteiger partial charge in [0, 0.05) is 74.0 Å². The van der Waals surface area contributed by atoms with Gasteiger partial charge in [-0.15, -0.1) is 11.3 Å². The number of anilines is 2. The zero-order chi connectivity index (χ0) is 38.4. The highest BCUT2D eigenvalue weighted by molar-refractivity contribution is 7.83. The van der Waals surface area contributed by atoms with Crippen LogP contribution in [-0.4, -0.2) is 97.1 Å². The SMILES string of the molecule is CCC(=O)N(CC#N)S(=O)CCC(=O)N1CCN(c2ccc(-c3ccc4c(c3)C(=O)N(C(C(=O)Nc3nccs3)c3cc(F)ccc3O)CC4)cc2)CC1. The first-order valence-electron chi connectivity index (χ1n) is 17.4. The van der Waals surface area contributed by atoms with E-state index in [1.54, 1.807) is 23.3 Å². The number of nitriles is 1. The fourth-order valence-corrected chi connectivity index (χ4v) is 8.27. The van der Waals surface area contributed by atoms with Gasteiger partial charge in [-0.1, -0.05) is 31.2 Å². The van der Waals surface area contributed by atoms with E-state index in [0.717, 1.165) is 44.9 Å². The molecule has 2 N–H and O–H groups in total. The molecule has 54 heavy (non-hydrogen) atoms.